The summed E-state index contributed by atoms with van der Waals surface area (Å²) in [5.74, 6) is 0. The van der Waals surface area contributed by atoms with Gasteiger partial charge in [0, 0.05) is 43.6 Å². The van der Waals surface area contributed by atoms with E-state index in [0.717, 1.165) is 11.2 Å². The Hall–Kier alpha value is -6.64. The second kappa shape index (κ2) is 11.0. The number of hydrogen-bond donors (Lipinski definition) is 0. The molecule has 2 heterocycles. The zero-order chi connectivity index (χ0) is 37.5. The van der Waals surface area contributed by atoms with E-state index in [1.165, 1.54) is 105 Å². The summed E-state index contributed by atoms with van der Waals surface area (Å²) in [4.78, 5) is 0. The Morgan fingerprint density at radius 1 is 0.393 bits per heavy atom. The van der Waals surface area contributed by atoms with Crippen LogP contribution < -0.4 is 0 Å². The fraction of sp³-hybridized carbons (Fsp3) is 0.111. The molecule has 2 aliphatic carbocycles. The number of rotatable bonds is 3. The van der Waals surface area contributed by atoms with E-state index >= 15 is 0 Å². The van der Waals surface area contributed by atoms with Gasteiger partial charge in [-0.1, -0.05) is 143 Å². The van der Waals surface area contributed by atoms with Gasteiger partial charge in [-0.3, -0.25) is 0 Å². The van der Waals surface area contributed by atoms with Crippen molar-refractivity contribution in [1.29, 1.82) is 0 Å². The first-order valence-electron chi connectivity index (χ1n) is 19.8. The number of fused-ring (bicyclic) bond motifs is 13. The molecule has 0 N–H and O–H groups in total. The first kappa shape index (κ1) is 31.7. The van der Waals surface area contributed by atoms with Gasteiger partial charge in [0.05, 0.1) is 11.0 Å². The Morgan fingerprint density at radius 3 is 1.80 bits per heavy atom. The van der Waals surface area contributed by atoms with Crippen LogP contribution in [0.4, 0.5) is 0 Å². The molecule has 10 aromatic rings. The van der Waals surface area contributed by atoms with Gasteiger partial charge in [0.15, 0.2) is 0 Å². The lowest BCUT2D eigenvalue weighted by molar-refractivity contribution is 0.653. The minimum Gasteiger partial charge on any atom is -0.455 e. The Bertz CT molecular complexity index is 3300. The summed E-state index contributed by atoms with van der Waals surface area (Å²) in [7, 11) is 0. The standard InChI is InChI=1S/C54H39NO/c1-53(2)44-16-10-8-14-37(44)38-23-21-36(31-47(38)53)55-48-26-19-33(32-12-6-5-7-13-32)28-42(48)43-29-34(20-27-49(43)55)35-18-22-41-46(30-35)54(3,4)45-25-24-40-39-15-9-11-17-50(39)56-52(40)51(41)45/h5-31H,1-4H3. The van der Waals surface area contributed by atoms with Crippen molar-refractivity contribution in [2.45, 2.75) is 38.5 Å². The van der Waals surface area contributed by atoms with E-state index in [-0.39, 0.29) is 10.8 Å². The van der Waals surface area contributed by atoms with Crippen LogP contribution in [0.5, 0.6) is 0 Å². The largest absolute Gasteiger partial charge is 0.455 e. The summed E-state index contributed by atoms with van der Waals surface area (Å²) in [5, 5.41) is 4.86. The van der Waals surface area contributed by atoms with Crippen LogP contribution in [0.2, 0.25) is 0 Å². The van der Waals surface area contributed by atoms with Gasteiger partial charge in [0.1, 0.15) is 11.2 Å². The molecular formula is C54H39NO. The third kappa shape index (κ3) is 4.16. The molecule has 0 bridgehead atoms. The third-order valence-corrected chi connectivity index (χ3v) is 13.2. The highest BCUT2D eigenvalue weighted by Crippen LogP contribution is 2.54. The highest BCUT2D eigenvalue weighted by molar-refractivity contribution is 6.13. The SMILES string of the molecule is CC1(C)c2ccccc2-c2ccc(-n3c4ccc(-c5ccccc5)cc4c4cc(-c5ccc6c(c5)C(C)(C)c5ccc7c(oc8ccccc87)c5-6)ccc43)cc21. The Labute approximate surface area is 326 Å². The van der Waals surface area contributed by atoms with E-state index in [0.29, 0.717) is 0 Å². The van der Waals surface area contributed by atoms with E-state index < -0.39 is 0 Å². The van der Waals surface area contributed by atoms with Crippen LogP contribution in [-0.2, 0) is 10.8 Å². The molecule has 2 aromatic heterocycles. The molecule has 2 nitrogen and oxygen atoms in total. The maximum atomic E-state index is 6.58. The van der Waals surface area contributed by atoms with Crippen LogP contribution >= 0.6 is 0 Å². The molecular weight excluding hydrogens is 679 g/mol. The van der Waals surface area contributed by atoms with Crippen LogP contribution in [0.15, 0.2) is 168 Å². The van der Waals surface area contributed by atoms with Gasteiger partial charge in [-0.05, 0) is 110 Å². The Morgan fingerprint density at radius 2 is 1.00 bits per heavy atom. The zero-order valence-corrected chi connectivity index (χ0v) is 31.9. The lowest BCUT2D eigenvalue weighted by atomic mass is 9.81. The summed E-state index contributed by atoms with van der Waals surface area (Å²) in [6, 6.07) is 60.8. The molecule has 0 unspecified atom stereocenters. The molecule has 12 rings (SSSR count). The van der Waals surface area contributed by atoms with E-state index in [2.05, 4.69) is 196 Å². The number of nitrogens with zero attached hydrogens (tertiary/aromatic N) is 1. The van der Waals surface area contributed by atoms with E-state index in [1.807, 2.05) is 0 Å². The molecule has 266 valence electrons. The molecule has 0 radical (unpaired) electrons. The fourth-order valence-electron chi connectivity index (χ4n) is 10.3. The van der Waals surface area contributed by atoms with Crippen LogP contribution in [-0.4, -0.2) is 4.57 Å². The number of benzene rings is 8. The minimum absolute atomic E-state index is 0.0778. The molecule has 0 amide bonds. The smallest absolute Gasteiger partial charge is 0.143 e. The van der Waals surface area contributed by atoms with Gasteiger partial charge in [0.25, 0.3) is 0 Å². The zero-order valence-electron chi connectivity index (χ0n) is 31.9. The molecule has 0 atom stereocenters. The molecule has 56 heavy (non-hydrogen) atoms. The summed E-state index contributed by atoms with van der Waals surface area (Å²) >= 11 is 0. The Kier molecular flexibility index (Phi) is 6.22. The highest BCUT2D eigenvalue weighted by atomic mass is 16.3. The van der Waals surface area contributed by atoms with Gasteiger partial charge < -0.3 is 8.98 Å². The summed E-state index contributed by atoms with van der Waals surface area (Å²) in [6.45, 7) is 9.44. The fourth-order valence-corrected chi connectivity index (χ4v) is 10.3. The van der Waals surface area contributed by atoms with E-state index in [9.17, 15) is 0 Å². The van der Waals surface area contributed by atoms with Crippen molar-refractivity contribution in [1.82, 2.24) is 4.57 Å². The number of hydrogen-bond acceptors (Lipinski definition) is 1. The molecule has 0 saturated heterocycles. The van der Waals surface area contributed by atoms with Gasteiger partial charge in [-0.25, -0.2) is 0 Å². The van der Waals surface area contributed by atoms with Gasteiger partial charge >= 0.3 is 0 Å². The van der Waals surface area contributed by atoms with Crippen molar-refractivity contribution in [3.05, 3.63) is 186 Å². The van der Waals surface area contributed by atoms with Crippen molar-refractivity contribution in [3.63, 3.8) is 0 Å². The van der Waals surface area contributed by atoms with Crippen molar-refractivity contribution in [2.24, 2.45) is 0 Å². The molecule has 8 aromatic carbocycles. The van der Waals surface area contributed by atoms with Crippen LogP contribution in [0, 0.1) is 0 Å². The topological polar surface area (TPSA) is 18.1 Å². The molecule has 0 saturated carbocycles. The monoisotopic (exact) mass is 717 g/mol. The normalized spacial score (nSPS) is 14.7. The second-order valence-corrected chi connectivity index (χ2v) is 16.9. The first-order valence-corrected chi connectivity index (χ1v) is 19.8. The highest BCUT2D eigenvalue weighted by Gasteiger charge is 2.38. The van der Waals surface area contributed by atoms with Crippen LogP contribution in [0.3, 0.4) is 0 Å². The molecule has 0 fully saturated rings. The van der Waals surface area contributed by atoms with E-state index in [1.54, 1.807) is 0 Å². The van der Waals surface area contributed by atoms with Gasteiger partial charge in [-0.15, -0.1) is 0 Å². The number of aromatic nitrogens is 1. The van der Waals surface area contributed by atoms with Crippen molar-refractivity contribution in [2.75, 3.05) is 0 Å². The Balaban J connectivity index is 1.05. The van der Waals surface area contributed by atoms with Gasteiger partial charge in [0.2, 0.25) is 0 Å². The maximum absolute atomic E-state index is 6.58. The average Bonchev–Trinajstić information content (AvgIpc) is 3.91. The van der Waals surface area contributed by atoms with Crippen molar-refractivity contribution in [3.8, 4) is 50.2 Å². The third-order valence-electron chi connectivity index (χ3n) is 13.2. The number of para-hydroxylation sites is 1. The number of furan rings is 1. The van der Waals surface area contributed by atoms with Crippen molar-refractivity contribution >= 4 is 43.7 Å². The molecule has 2 heteroatoms. The first-order chi connectivity index (χ1) is 27.3. The summed E-state index contributed by atoms with van der Waals surface area (Å²) in [6.07, 6.45) is 0. The molecule has 2 aliphatic rings. The average molecular weight is 718 g/mol. The quantitative estimate of drug-likeness (QED) is 0.178. The predicted octanol–water partition coefficient (Wildman–Crippen LogP) is 14.6. The summed E-state index contributed by atoms with van der Waals surface area (Å²) < 4.78 is 9.06. The lowest BCUT2D eigenvalue weighted by Crippen LogP contribution is -2.15. The van der Waals surface area contributed by atoms with Crippen LogP contribution in [0.25, 0.3) is 93.9 Å². The van der Waals surface area contributed by atoms with Crippen molar-refractivity contribution < 1.29 is 4.42 Å². The summed E-state index contributed by atoms with van der Waals surface area (Å²) in [5.41, 5.74) is 20.8. The predicted molar refractivity (Wildman–Crippen MR) is 234 cm³/mol. The van der Waals surface area contributed by atoms with Gasteiger partial charge in [-0.2, -0.15) is 0 Å². The minimum atomic E-state index is -0.167. The van der Waals surface area contributed by atoms with E-state index in [4.69, 9.17) is 4.42 Å². The second-order valence-electron chi connectivity index (χ2n) is 16.9. The maximum Gasteiger partial charge on any atom is 0.143 e. The van der Waals surface area contributed by atoms with Crippen LogP contribution in [0.1, 0.15) is 49.9 Å². The lowest BCUT2D eigenvalue weighted by Gasteiger charge is -2.22. The molecule has 0 spiro atoms. The molecule has 0 aliphatic heterocycles.